The maximum atomic E-state index is 11.6. The van der Waals surface area contributed by atoms with Gasteiger partial charge >= 0.3 is 16.4 Å². The lowest BCUT2D eigenvalue weighted by molar-refractivity contribution is -0.145. The second-order valence-electron chi connectivity index (χ2n) is 6.69. The van der Waals surface area contributed by atoms with E-state index in [1.807, 2.05) is 6.08 Å². The first-order chi connectivity index (χ1) is 14.5. The summed E-state index contributed by atoms with van der Waals surface area (Å²) in [7, 11) is -3.90. The highest BCUT2D eigenvalue weighted by atomic mass is 32.3. The lowest BCUT2D eigenvalue weighted by Gasteiger charge is -2.06. The van der Waals surface area contributed by atoms with Crippen LogP contribution in [0.5, 0.6) is 0 Å². The molecule has 1 unspecified atom stereocenters. The van der Waals surface area contributed by atoms with Gasteiger partial charge in [0.15, 0.2) is 0 Å². The Bertz CT molecular complexity index is 716. The third kappa shape index (κ3) is 15.0. The Morgan fingerprint density at radius 3 is 1.93 bits per heavy atom. The fraction of sp³-hybridized carbons (Fsp3) is 0.522. The molecule has 0 radical (unpaired) electrons. The van der Waals surface area contributed by atoms with Crippen LogP contribution in [0.1, 0.15) is 58.3 Å². The molecule has 0 saturated carbocycles. The first kappa shape index (κ1) is 26.1. The summed E-state index contributed by atoms with van der Waals surface area (Å²) in [4.78, 5) is 11.6. The number of rotatable bonds is 15. The minimum atomic E-state index is -3.90. The minimum absolute atomic E-state index is 0.111. The highest BCUT2D eigenvalue weighted by Gasteiger charge is 2.30. The van der Waals surface area contributed by atoms with Gasteiger partial charge in [0.1, 0.15) is 12.7 Å². The molecule has 1 aliphatic heterocycles. The van der Waals surface area contributed by atoms with Crippen LogP contribution in [0, 0.1) is 0 Å². The molecule has 30 heavy (non-hydrogen) atoms. The number of carbonyl (C=O) groups excluding carboxylic acids is 1. The molecule has 7 heteroatoms. The van der Waals surface area contributed by atoms with E-state index >= 15 is 0 Å². The van der Waals surface area contributed by atoms with Gasteiger partial charge in [0.25, 0.3) is 0 Å². The second kappa shape index (κ2) is 16.8. The summed E-state index contributed by atoms with van der Waals surface area (Å²) >= 11 is 0. The number of hydrogen-bond acceptors (Lipinski definition) is 6. The smallest absolute Gasteiger partial charge is 0.400 e. The number of allylic oxidation sites excluding steroid dienone is 10. The molecule has 1 fully saturated rings. The molecule has 0 amide bonds. The van der Waals surface area contributed by atoms with Crippen LogP contribution < -0.4 is 0 Å². The Hall–Kier alpha value is -1.96. The molecule has 1 atom stereocenters. The van der Waals surface area contributed by atoms with E-state index in [0.29, 0.717) is 6.42 Å². The van der Waals surface area contributed by atoms with Crippen LogP contribution in [0.15, 0.2) is 60.8 Å². The molecule has 0 aromatic rings. The molecular weight excluding hydrogens is 404 g/mol. The average Bonchev–Trinajstić information content (AvgIpc) is 3.07. The Morgan fingerprint density at radius 1 is 0.900 bits per heavy atom. The summed E-state index contributed by atoms with van der Waals surface area (Å²) in [6.45, 7) is 1.91. The minimum Gasteiger partial charge on any atom is -0.463 e. The van der Waals surface area contributed by atoms with Crippen molar-refractivity contribution < 1.29 is 26.3 Å². The molecule has 0 N–H and O–H groups in total. The maximum absolute atomic E-state index is 11.6. The van der Waals surface area contributed by atoms with Crippen molar-refractivity contribution in [2.45, 2.75) is 64.4 Å². The van der Waals surface area contributed by atoms with Crippen molar-refractivity contribution in [3.63, 3.8) is 0 Å². The highest BCUT2D eigenvalue weighted by molar-refractivity contribution is 7.82. The normalized spacial score (nSPS) is 19.3. The molecule has 0 aliphatic carbocycles. The standard InChI is InChI=1S/C23H34O6S/c1-2-3-4-5-6-7-8-9-10-11-12-13-14-15-16-17-18-19-23(24)27-20-22-21-28-30(25,26)29-22/h3-4,6-7,9-10,12-13,15-16,22H,2,5,8,11,14,17-21H2,1H3. The fourth-order valence-corrected chi connectivity index (χ4v) is 3.27. The lowest BCUT2D eigenvalue weighted by Crippen LogP contribution is -2.20. The number of unbranched alkanes of at least 4 members (excludes halogenated alkanes) is 1. The number of esters is 1. The van der Waals surface area contributed by atoms with E-state index in [2.05, 4.69) is 70.0 Å². The van der Waals surface area contributed by atoms with Gasteiger partial charge in [-0.2, -0.15) is 8.42 Å². The summed E-state index contributed by atoms with van der Waals surface area (Å²) in [5, 5.41) is 0. The van der Waals surface area contributed by atoms with E-state index in [4.69, 9.17) is 4.74 Å². The van der Waals surface area contributed by atoms with E-state index in [1.165, 1.54) is 0 Å². The van der Waals surface area contributed by atoms with Crippen LogP contribution in [-0.4, -0.2) is 33.7 Å². The number of hydrogen-bond donors (Lipinski definition) is 0. The van der Waals surface area contributed by atoms with Gasteiger partial charge in [-0.25, -0.2) is 8.37 Å². The zero-order chi connectivity index (χ0) is 21.9. The quantitative estimate of drug-likeness (QED) is 0.201. The van der Waals surface area contributed by atoms with E-state index in [9.17, 15) is 13.2 Å². The maximum Gasteiger partial charge on any atom is 0.400 e. The van der Waals surface area contributed by atoms with Crippen molar-refractivity contribution in [3.05, 3.63) is 60.8 Å². The van der Waals surface area contributed by atoms with E-state index in [0.717, 1.165) is 38.5 Å². The van der Waals surface area contributed by atoms with Gasteiger partial charge in [0.05, 0.1) is 6.61 Å². The van der Waals surface area contributed by atoms with Crippen LogP contribution in [0.25, 0.3) is 0 Å². The lowest BCUT2D eigenvalue weighted by atomic mass is 10.2. The Kier molecular flexibility index (Phi) is 14.6. The Labute approximate surface area is 181 Å². The van der Waals surface area contributed by atoms with Gasteiger partial charge in [-0.15, -0.1) is 0 Å². The van der Waals surface area contributed by atoms with Crippen molar-refractivity contribution in [2.75, 3.05) is 13.2 Å². The predicted molar refractivity (Wildman–Crippen MR) is 119 cm³/mol. The van der Waals surface area contributed by atoms with Crippen LogP contribution >= 0.6 is 0 Å². The molecule has 0 aromatic carbocycles. The predicted octanol–water partition coefficient (Wildman–Crippen LogP) is 5.11. The summed E-state index contributed by atoms with van der Waals surface area (Å²) in [6.07, 6.45) is 27.3. The van der Waals surface area contributed by atoms with Crippen molar-refractivity contribution in [1.82, 2.24) is 0 Å². The van der Waals surface area contributed by atoms with Gasteiger partial charge < -0.3 is 4.74 Å². The highest BCUT2D eigenvalue weighted by Crippen LogP contribution is 2.13. The molecule has 168 valence electrons. The number of ether oxygens (including phenoxy) is 1. The largest absolute Gasteiger partial charge is 0.463 e. The summed E-state index contributed by atoms with van der Waals surface area (Å²) in [5.74, 6) is -0.366. The van der Waals surface area contributed by atoms with Gasteiger partial charge in [0, 0.05) is 6.42 Å². The summed E-state index contributed by atoms with van der Waals surface area (Å²) in [5.41, 5.74) is 0. The first-order valence-corrected chi connectivity index (χ1v) is 11.8. The SMILES string of the molecule is CCC=CCC=CCC=CCC=CCC=CCCCC(=O)OCC1COS(=O)(=O)O1. The van der Waals surface area contributed by atoms with Gasteiger partial charge in [-0.3, -0.25) is 4.79 Å². The third-order valence-electron chi connectivity index (χ3n) is 3.99. The average molecular weight is 439 g/mol. The van der Waals surface area contributed by atoms with Crippen molar-refractivity contribution in [3.8, 4) is 0 Å². The van der Waals surface area contributed by atoms with E-state index in [1.54, 1.807) is 0 Å². The van der Waals surface area contributed by atoms with Gasteiger partial charge in [0.2, 0.25) is 0 Å². The molecular formula is C23H34O6S. The summed E-state index contributed by atoms with van der Waals surface area (Å²) < 4.78 is 35.8. The van der Waals surface area contributed by atoms with Gasteiger partial charge in [-0.1, -0.05) is 67.7 Å². The zero-order valence-corrected chi connectivity index (χ0v) is 18.6. The van der Waals surface area contributed by atoms with E-state index in [-0.39, 0.29) is 25.6 Å². The van der Waals surface area contributed by atoms with Gasteiger partial charge in [-0.05, 0) is 44.9 Å². The van der Waals surface area contributed by atoms with E-state index < -0.39 is 16.5 Å². The molecule has 0 spiro atoms. The van der Waals surface area contributed by atoms with Crippen LogP contribution in [0.3, 0.4) is 0 Å². The first-order valence-electron chi connectivity index (χ1n) is 10.5. The van der Waals surface area contributed by atoms with Crippen molar-refractivity contribution >= 4 is 16.4 Å². The Balaban J connectivity index is 1.95. The molecule has 1 saturated heterocycles. The number of carbonyl (C=O) groups is 1. The fourth-order valence-electron chi connectivity index (χ4n) is 2.45. The molecule has 0 aromatic heterocycles. The topological polar surface area (TPSA) is 78.9 Å². The second-order valence-corrected chi connectivity index (χ2v) is 7.94. The molecule has 1 rings (SSSR count). The third-order valence-corrected chi connectivity index (χ3v) is 4.92. The Morgan fingerprint density at radius 2 is 1.43 bits per heavy atom. The van der Waals surface area contributed by atoms with Crippen LogP contribution in [-0.2, 0) is 28.3 Å². The molecule has 0 bridgehead atoms. The zero-order valence-electron chi connectivity index (χ0n) is 17.8. The van der Waals surface area contributed by atoms with Crippen molar-refractivity contribution in [1.29, 1.82) is 0 Å². The van der Waals surface area contributed by atoms with Crippen LogP contribution in [0.4, 0.5) is 0 Å². The molecule has 1 heterocycles. The van der Waals surface area contributed by atoms with Crippen LogP contribution in [0.2, 0.25) is 0 Å². The molecule has 6 nitrogen and oxygen atoms in total. The van der Waals surface area contributed by atoms with Crippen molar-refractivity contribution in [2.24, 2.45) is 0 Å². The monoisotopic (exact) mass is 438 g/mol. The molecule has 1 aliphatic rings. The summed E-state index contributed by atoms with van der Waals surface area (Å²) in [6, 6.07) is 0.